The Morgan fingerprint density at radius 1 is 1.11 bits per heavy atom. The van der Waals surface area contributed by atoms with Gasteiger partial charge in [-0.3, -0.25) is 4.57 Å². The molecule has 0 aliphatic rings. The van der Waals surface area contributed by atoms with Crippen LogP contribution in [-0.4, -0.2) is 9.55 Å². The van der Waals surface area contributed by atoms with Gasteiger partial charge in [-0.25, -0.2) is 4.98 Å². The number of rotatable bonds is 1. The molecule has 0 saturated carbocycles. The predicted molar refractivity (Wildman–Crippen MR) is 88.2 cm³/mol. The first-order valence-corrected chi connectivity index (χ1v) is 7.29. The fourth-order valence-electron chi connectivity index (χ4n) is 2.01. The summed E-state index contributed by atoms with van der Waals surface area (Å²) in [4.78, 5) is 4.35. The van der Waals surface area contributed by atoms with Gasteiger partial charge in [0, 0.05) is 3.57 Å². The molecule has 6 heteroatoms. The van der Waals surface area contributed by atoms with Gasteiger partial charge in [-0.1, -0.05) is 29.3 Å². The van der Waals surface area contributed by atoms with Crippen LogP contribution in [0.5, 0.6) is 0 Å². The van der Waals surface area contributed by atoms with Crippen LogP contribution in [0.25, 0.3) is 16.7 Å². The maximum Gasteiger partial charge on any atom is 0.206 e. The molecule has 3 aromatic rings. The first-order valence-electron chi connectivity index (χ1n) is 5.46. The summed E-state index contributed by atoms with van der Waals surface area (Å²) < 4.78 is 2.87. The number of imidazole rings is 1. The molecule has 2 aromatic carbocycles. The Labute approximate surface area is 133 Å². The molecule has 0 unspecified atom stereocenters. The highest BCUT2D eigenvalue weighted by molar-refractivity contribution is 14.1. The average molecular weight is 404 g/mol. The van der Waals surface area contributed by atoms with Crippen LogP contribution in [0.15, 0.2) is 36.4 Å². The lowest BCUT2D eigenvalue weighted by Gasteiger charge is -2.10. The summed E-state index contributed by atoms with van der Waals surface area (Å²) >= 11 is 14.7. The summed E-state index contributed by atoms with van der Waals surface area (Å²) in [7, 11) is 0. The smallest absolute Gasteiger partial charge is 0.206 e. The van der Waals surface area contributed by atoms with Crippen molar-refractivity contribution in [1.29, 1.82) is 0 Å². The van der Waals surface area contributed by atoms with E-state index in [0.717, 1.165) is 14.6 Å². The Morgan fingerprint density at radius 3 is 2.47 bits per heavy atom. The zero-order valence-electron chi connectivity index (χ0n) is 9.57. The Balaban J connectivity index is 2.40. The third-order valence-corrected chi connectivity index (χ3v) is 4.08. The molecule has 0 aliphatic heterocycles. The van der Waals surface area contributed by atoms with E-state index in [2.05, 4.69) is 27.6 Å². The molecule has 0 aliphatic carbocycles. The fraction of sp³-hybridized carbons (Fsp3) is 0. The van der Waals surface area contributed by atoms with Gasteiger partial charge in [0.05, 0.1) is 26.8 Å². The van der Waals surface area contributed by atoms with Crippen LogP contribution >= 0.6 is 45.8 Å². The Morgan fingerprint density at radius 2 is 1.79 bits per heavy atom. The van der Waals surface area contributed by atoms with Gasteiger partial charge in [0.15, 0.2) is 0 Å². The summed E-state index contributed by atoms with van der Waals surface area (Å²) in [6.45, 7) is 0. The topological polar surface area (TPSA) is 43.8 Å². The molecule has 0 spiro atoms. The lowest BCUT2D eigenvalue weighted by molar-refractivity contribution is 1.11. The second kappa shape index (κ2) is 4.85. The number of hydrogen-bond donors (Lipinski definition) is 1. The van der Waals surface area contributed by atoms with Gasteiger partial charge in [-0.05, 0) is 52.9 Å². The van der Waals surface area contributed by atoms with Gasteiger partial charge >= 0.3 is 0 Å². The number of anilines is 1. The molecular weight excluding hydrogens is 396 g/mol. The number of hydrogen-bond acceptors (Lipinski definition) is 2. The van der Waals surface area contributed by atoms with Gasteiger partial charge in [-0.15, -0.1) is 0 Å². The van der Waals surface area contributed by atoms with Crippen LogP contribution in [0.4, 0.5) is 5.95 Å². The number of nitrogens with zero attached hydrogens (tertiary/aromatic N) is 2. The molecule has 0 saturated heterocycles. The Hall–Kier alpha value is -0.980. The lowest BCUT2D eigenvalue weighted by Crippen LogP contribution is -2.02. The molecule has 0 radical (unpaired) electrons. The number of nitrogens with two attached hydrogens (primary N) is 1. The lowest BCUT2D eigenvalue weighted by atomic mass is 10.3. The van der Waals surface area contributed by atoms with Crippen LogP contribution in [0.1, 0.15) is 0 Å². The summed E-state index contributed by atoms with van der Waals surface area (Å²) in [6, 6.07) is 11.3. The molecule has 3 nitrogen and oxygen atoms in total. The number of aromatic nitrogens is 2. The van der Waals surface area contributed by atoms with Gasteiger partial charge in [-0.2, -0.15) is 0 Å². The molecule has 2 N–H and O–H groups in total. The molecule has 1 heterocycles. The van der Waals surface area contributed by atoms with E-state index in [1.54, 1.807) is 22.8 Å². The first kappa shape index (κ1) is 13.0. The summed E-state index contributed by atoms with van der Waals surface area (Å²) in [5.74, 6) is 0.368. The molecule has 0 atom stereocenters. The van der Waals surface area contributed by atoms with E-state index >= 15 is 0 Å². The number of para-hydroxylation sites is 1. The third-order valence-electron chi connectivity index (χ3n) is 2.80. The zero-order valence-corrected chi connectivity index (χ0v) is 13.2. The SMILES string of the molecule is Nc1nc2cc(I)ccc2n1-c1c(Cl)cccc1Cl. The van der Waals surface area contributed by atoms with Crippen LogP contribution in [0.2, 0.25) is 10.0 Å². The van der Waals surface area contributed by atoms with Crippen LogP contribution in [-0.2, 0) is 0 Å². The summed E-state index contributed by atoms with van der Waals surface area (Å²) in [6.07, 6.45) is 0. The second-order valence-corrected chi connectivity index (χ2v) is 6.07. The summed E-state index contributed by atoms with van der Waals surface area (Å²) in [5.41, 5.74) is 8.37. The Bertz CT molecular complexity index is 763. The molecule has 3 rings (SSSR count). The molecule has 96 valence electrons. The molecule has 0 amide bonds. The van der Waals surface area contributed by atoms with E-state index in [1.807, 2.05) is 18.2 Å². The van der Waals surface area contributed by atoms with Crippen molar-refractivity contribution in [1.82, 2.24) is 9.55 Å². The van der Waals surface area contributed by atoms with E-state index in [9.17, 15) is 0 Å². The van der Waals surface area contributed by atoms with Crippen molar-refractivity contribution in [3.8, 4) is 5.69 Å². The normalized spacial score (nSPS) is 11.1. The second-order valence-electron chi connectivity index (χ2n) is 4.01. The van der Waals surface area contributed by atoms with E-state index in [1.165, 1.54) is 0 Å². The minimum absolute atomic E-state index is 0.368. The van der Waals surface area contributed by atoms with E-state index in [0.29, 0.717) is 21.7 Å². The molecular formula is C13H8Cl2IN3. The minimum Gasteiger partial charge on any atom is -0.369 e. The van der Waals surface area contributed by atoms with Crippen molar-refractivity contribution in [2.75, 3.05) is 5.73 Å². The van der Waals surface area contributed by atoms with Gasteiger partial charge in [0.1, 0.15) is 0 Å². The Kier molecular flexibility index (Phi) is 3.32. The zero-order chi connectivity index (χ0) is 13.6. The van der Waals surface area contributed by atoms with Crippen LogP contribution < -0.4 is 5.73 Å². The van der Waals surface area contributed by atoms with Crippen molar-refractivity contribution in [2.45, 2.75) is 0 Å². The predicted octanol–water partition coefficient (Wildman–Crippen LogP) is 4.52. The maximum absolute atomic E-state index is 6.23. The van der Waals surface area contributed by atoms with Crippen LogP contribution in [0.3, 0.4) is 0 Å². The van der Waals surface area contributed by atoms with Crippen molar-refractivity contribution in [3.63, 3.8) is 0 Å². The average Bonchev–Trinajstić information content (AvgIpc) is 2.65. The molecule has 0 bridgehead atoms. The van der Waals surface area contributed by atoms with Crippen molar-refractivity contribution in [2.24, 2.45) is 0 Å². The van der Waals surface area contributed by atoms with E-state index < -0.39 is 0 Å². The van der Waals surface area contributed by atoms with Crippen molar-refractivity contribution in [3.05, 3.63) is 50.0 Å². The highest BCUT2D eigenvalue weighted by atomic mass is 127. The number of benzene rings is 2. The summed E-state index contributed by atoms with van der Waals surface area (Å²) in [5, 5.41) is 1.08. The van der Waals surface area contributed by atoms with E-state index in [4.69, 9.17) is 28.9 Å². The standard InChI is InChI=1S/C13H8Cl2IN3/c14-8-2-1-3-9(15)12(8)19-11-5-4-7(16)6-10(11)18-13(19)17/h1-6H,(H2,17,18). The van der Waals surface area contributed by atoms with Gasteiger partial charge in [0.25, 0.3) is 0 Å². The molecule has 0 fully saturated rings. The minimum atomic E-state index is 0.368. The number of fused-ring (bicyclic) bond motifs is 1. The fourth-order valence-corrected chi connectivity index (χ4v) is 3.05. The van der Waals surface area contributed by atoms with Crippen molar-refractivity contribution >= 4 is 62.8 Å². The van der Waals surface area contributed by atoms with Gasteiger partial charge in [0.2, 0.25) is 5.95 Å². The molecule has 1 aromatic heterocycles. The molecule has 19 heavy (non-hydrogen) atoms. The monoisotopic (exact) mass is 403 g/mol. The first-order chi connectivity index (χ1) is 9.08. The van der Waals surface area contributed by atoms with Crippen LogP contribution in [0, 0.1) is 3.57 Å². The number of halogens is 3. The maximum atomic E-state index is 6.23. The van der Waals surface area contributed by atoms with Crippen molar-refractivity contribution < 1.29 is 0 Å². The largest absolute Gasteiger partial charge is 0.369 e. The highest BCUT2D eigenvalue weighted by Gasteiger charge is 2.15. The van der Waals surface area contributed by atoms with Gasteiger partial charge < -0.3 is 5.73 Å². The van der Waals surface area contributed by atoms with E-state index in [-0.39, 0.29) is 0 Å². The number of nitrogen functional groups attached to an aromatic ring is 1. The quantitative estimate of drug-likeness (QED) is 0.607. The highest BCUT2D eigenvalue weighted by Crippen LogP contribution is 2.33. The third kappa shape index (κ3) is 2.17.